The Morgan fingerprint density at radius 1 is 0.846 bits per heavy atom. The summed E-state index contributed by atoms with van der Waals surface area (Å²) in [6.07, 6.45) is 5.44. The average molecular weight is 348 g/mol. The fourth-order valence-electron chi connectivity index (χ4n) is 2.74. The summed E-state index contributed by atoms with van der Waals surface area (Å²) in [5.41, 5.74) is 5.90. The molecule has 0 unspecified atom stereocenters. The molecule has 0 aliphatic rings. The molecule has 0 bridgehead atoms. The van der Waals surface area contributed by atoms with Gasteiger partial charge in [-0.2, -0.15) is 0 Å². The van der Waals surface area contributed by atoms with Crippen LogP contribution in [0.5, 0.6) is 0 Å². The number of aromatic nitrogens is 2. The van der Waals surface area contributed by atoms with Gasteiger partial charge in [-0.25, -0.2) is 0 Å². The highest BCUT2D eigenvalue weighted by atomic mass is 14.8. The first-order valence-electron chi connectivity index (χ1n) is 9.17. The van der Waals surface area contributed by atoms with Crippen LogP contribution in [0.3, 0.4) is 0 Å². The predicted molar refractivity (Wildman–Crippen MR) is 112 cm³/mol. The fraction of sp³-hybridized carbons (Fsp3) is 0.304. The lowest BCUT2D eigenvalue weighted by Crippen LogP contribution is -1.99. The largest absolute Gasteiger partial charge is 0.360 e. The van der Waals surface area contributed by atoms with Gasteiger partial charge in [-0.3, -0.25) is 9.98 Å². The quantitative estimate of drug-likeness (QED) is 0.539. The van der Waals surface area contributed by atoms with Crippen LogP contribution in [0, 0.1) is 0 Å². The Balaban J connectivity index is 0.000000342. The van der Waals surface area contributed by atoms with Crippen LogP contribution in [-0.4, -0.2) is 15.7 Å². The average Bonchev–Trinajstić information content (AvgIpc) is 3.18. The number of benzene rings is 1. The summed E-state index contributed by atoms with van der Waals surface area (Å²) < 4.78 is 0. The molecule has 0 amide bonds. The molecule has 0 atom stereocenters. The van der Waals surface area contributed by atoms with Gasteiger partial charge in [0.2, 0.25) is 0 Å². The number of nitrogens with zero attached hydrogens (tertiary/aromatic N) is 2. The molecule has 3 aromatic rings. The van der Waals surface area contributed by atoms with E-state index in [2.05, 4.69) is 68.9 Å². The Kier molecular flexibility index (Phi) is 7.34. The molecule has 26 heavy (non-hydrogen) atoms. The highest BCUT2D eigenvalue weighted by molar-refractivity contribution is 5.99. The number of nitrogens with one attached hydrogen (secondary N) is 1. The maximum Gasteiger partial charge on any atom is 0.0702 e. The molecule has 0 aliphatic heterocycles. The molecule has 2 aromatic heterocycles. The summed E-state index contributed by atoms with van der Waals surface area (Å²) >= 11 is 0. The van der Waals surface area contributed by atoms with Crippen LogP contribution in [-0.2, 0) is 0 Å². The molecule has 0 saturated heterocycles. The lowest BCUT2D eigenvalue weighted by Gasteiger charge is -2.17. The van der Waals surface area contributed by atoms with Crippen molar-refractivity contribution in [3.63, 3.8) is 0 Å². The number of pyridine rings is 1. The zero-order chi connectivity index (χ0) is 18.9. The Bertz CT molecular complexity index is 748. The van der Waals surface area contributed by atoms with E-state index in [1.165, 1.54) is 11.1 Å². The molecule has 3 rings (SSSR count). The second-order valence-corrected chi connectivity index (χ2v) is 6.90. The summed E-state index contributed by atoms with van der Waals surface area (Å²) in [7, 11) is 0. The lowest BCUT2D eigenvalue weighted by atomic mass is 9.93. The van der Waals surface area contributed by atoms with Gasteiger partial charge < -0.3 is 4.98 Å². The van der Waals surface area contributed by atoms with Crippen LogP contribution in [0.2, 0.25) is 0 Å². The normalized spacial score (nSPS) is 11.4. The van der Waals surface area contributed by atoms with Crippen molar-refractivity contribution in [2.45, 2.75) is 46.5 Å². The number of aliphatic imine (C=N–C) groups is 1. The third-order valence-electron chi connectivity index (χ3n) is 4.18. The van der Waals surface area contributed by atoms with Crippen LogP contribution in [0.25, 0.3) is 0 Å². The van der Waals surface area contributed by atoms with E-state index in [-0.39, 0.29) is 0 Å². The second kappa shape index (κ2) is 9.71. The predicted octanol–water partition coefficient (Wildman–Crippen LogP) is 6.48. The lowest BCUT2D eigenvalue weighted by molar-refractivity contribution is 0.834. The molecule has 3 heteroatoms. The molecular formula is C23H29N3. The Morgan fingerprint density at radius 2 is 1.46 bits per heavy atom. The fourth-order valence-corrected chi connectivity index (χ4v) is 2.74. The van der Waals surface area contributed by atoms with E-state index in [4.69, 9.17) is 4.99 Å². The van der Waals surface area contributed by atoms with E-state index in [1.54, 1.807) is 12.4 Å². The van der Waals surface area contributed by atoms with Gasteiger partial charge in [0.1, 0.15) is 0 Å². The summed E-state index contributed by atoms with van der Waals surface area (Å²) in [6.45, 7) is 11.0. The molecule has 136 valence electrons. The number of hydrogen-bond donors (Lipinski definition) is 1. The van der Waals surface area contributed by atoms with Crippen molar-refractivity contribution in [2.24, 2.45) is 4.99 Å². The Hall–Kier alpha value is -2.68. The molecule has 2 heterocycles. The zero-order valence-electron chi connectivity index (χ0n) is 16.4. The summed E-state index contributed by atoms with van der Waals surface area (Å²) in [4.78, 5) is 11.9. The van der Waals surface area contributed by atoms with Crippen molar-refractivity contribution in [1.82, 2.24) is 9.97 Å². The van der Waals surface area contributed by atoms with E-state index in [0.717, 1.165) is 17.1 Å². The number of hydrogen-bond acceptors (Lipinski definition) is 2. The summed E-state index contributed by atoms with van der Waals surface area (Å²) in [5.74, 6) is 0.952. The zero-order valence-corrected chi connectivity index (χ0v) is 16.4. The van der Waals surface area contributed by atoms with E-state index in [0.29, 0.717) is 11.8 Å². The van der Waals surface area contributed by atoms with Crippen LogP contribution in [0.1, 0.15) is 63.3 Å². The van der Waals surface area contributed by atoms with Crippen molar-refractivity contribution >= 4 is 11.4 Å². The minimum atomic E-state index is 0.476. The molecule has 0 aliphatic carbocycles. The minimum absolute atomic E-state index is 0.476. The first kappa shape index (κ1) is 19.6. The highest BCUT2D eigenvalue weighted by Gasteiger charge is 2.13. The number of rotatable bonds is 4. The summed E-state index contributed by atoms with van der Waals surface area (Å²) in [6, 6.07) is 16.3. The molecule has 3 nitrogen and oxygen atoms in total. The van der Waals surface area contributed by atoms with Crippen molar-refractivity contribution in [2.75, 3.05) is 0 Å². The molecule has 1 aromatic carbocycles. The highest BCUT2D eigenvalue weighted by Crippen LogP contribution is 2.35. The molecule has 1 N–H and O–H groups in total. The van der Waals surface area contributed by atoms with Gasteiger partial charge in [0, 0.05) is 18.6 Å². The smallest absolute Gasteiger partial charge is 0.0702 e. The molecule has 0 spiro atoms. The number of para-hydroxylation sites is 1. The molecule has 0 saturated carbocycles. The van der Waals surface area contributed by atoms with E-state index >= 15 is 0 Å². The van der Waals surface area contributed by atoms with Gasteiger partial charge >= 0.3 is 0 Å². The Morgan fingerprint density at radius 3 is 1.85 bits per heavy atom. The summed E-state index contributed by atoms with van der Waals surface area (Å²) in [5, 5.41) is 0. The van der Waals surface area contributed by atoms with Crippen LogP contribution in [0.4, 0.5) is 5.69 Å². The molecular weight excluding hydrogens is 318 g/mol. The van der Waals surface area contributed by atoms with Gasteiger partial charge in [0.15, 0.2) is 0 Å². The van der Waals surface area contributed by atoms with Gasteiger partial charge in [-0.1, -0.05) is 52.0 Å². The maximum absolute atomic E-state index is 4.93. The van der Waals surface area contributed by atoms with E-state index in [1.807, 2.05) is 30.5 Å². The molecule has 0 fully saturated rings. The monoisotopic (exact) mass is 347 g/mol. The first-order chi connectivity index (χ1) is 12.5. The SMILES string of the molecule is CC(=Nc1c(C(C)C)cccc1C(C)C)c1ccc[nH]1.c1ccncc1. The van der Waals surface area contributed by atoms with Gasteiger partial charge in [-0.05, 0) is 54.2 Å². The van der Waals surface area contributed by atoms with Crippen LogP contribution >= 0.6 is 0 Å². The van der Waals surface area contributed by atoms with Crippen LogP contribution in [0.15, 0.2) is 72.1 Å². The van der Waals surface area contributed by atoms with Gasteiger partial charge in [-0.15, -0.1) is 0 Å². The van der Waals surface area contributed by atoms with Gasteiger partial charge in [0.25, 0.3) is 0 Å². The Labute approximate surface area is 157 Å². The number of aromatic amines is 1. The van der Waals surface area contributed by atoms with Crippen molar-refractivity contribution in [3.05, 3.63) is 83.9 Å². The van der Waals surface area contributed by atoms with E-state index < -0.39 is 0 Å². The van der Waals surface area contributed by atoms with Crippen molar-refractivity contribution < 1.29 is 0 Å². The standard InChI is InChI=1S/C18H24N2.C5H5N/c1-12(2)15-8-6-9-16(13(3)4)18(15)20-14(5)17-10-7-11-19-17;1-2-4-6-5-3-1/h6-13,19H,1-5H3;1-5H. The first-order valence-corrected chi connectivity index (χ1v) is 9.17. The third-order valence-corrected chi connectivity index (χ3v) is 4.18. The number of H-pyrrole nitrogens is 1. The van der Waals surface area contributed by atoms with E-state index in [9.17, 15) is 0 Å². The van der Waals surface area contributed by atoms with Crippen molar-refractivity contribution in [3.8, 4) is 0 Å². The maximum atomic E-state index is 4.93. The van der Waals surface area contributed by atoms with Gasteiger partial charge in [0.05, 0.1) is 17.1 Å². The molecule has 0 radical (unpaired) electrons. The van der Waals surface area contributed by atoms with Crippen molar-refractivity contribution in [1.29, 1.82) is 0 Å². The minimum Gasteiger partial charge on any atom is -0.360 e. The third kappa shape index (κ3) is 5.41. The second-order valence-electron chi connectivity index (χ2n) is 6.90. The van der Waals surface area contributed by atoms with Crippen LogP contribution < -0.4 is 0 Å². The topological polar surface area (TPSA) is 41.0 Å².